The molecular formula is C17H12BrNO. The monoisotopic (exact) mass is 325 g/mol. The molecule has 0 N–H and O–H groups in total. The van der Waals surface area contributed by atoms with Crippen molar-refractivity contribution >= 4 is 27.8 Å². The second-order valence-electron chi connectivity index (χ2n) is 4.28. The Balaban J connectivity index is 1.85. The van der Waals surface area contributed by atoms with Crippen LogP contribution in [-0.4, -0.2) is 6.21 Å². The molecule has 3 rings (SSSR count). The van der Waals surface area contributed by atoms with Gasteiger partial charge in [-0.15, -0.1) is 0 Å². The van der Waals surface area contributed by atoms with Crippen molar-refractivity contribution < 1.29 is 4.42 Å². The lowest BCUT2D eigenvalue weighted by atomic mass is 10.2. The van der Waals surface area contributed by atoms with Gasteiger partial charge in [-0.05, 0) is 30.3 Å². The molecule has 3 heteroatoms. The summed E-state index contributed by atoms with van der Waals surface area (Å²) >= 11 is 3.52. The van der Waals surface area contributed by atoms with Gasteiger partial charge in [0.15, 0.2) is 0 Å². The minimum Gasteiger partial charge on any atom is -0.455 e. The van der Waals surface area contributed by atoms with E-state index in [2.05, 4.69) is 20.9 Å². The number of nitrogens with zero attached hydrogens (tertiary/aromatic N) is 1. The van der Waals surface area contributed by atoms with Gasteiger partial charge in [0.25, 0.3) is 0 Å². The highest BCUT2D eigenvalue weighted by atomic mass is 79.9. The maximum absolute atomic E-state index is 5.79. The van der Waals surface area contributed by atoms with E-state index in [1.54, 1.807) is 6.21 Å². The number of furan rings is 1. The molecule has 0 bridgehead atoms. The highest BCUT2D eigenvalue weighted by molar-refractivity contribution is 9.10. The van der Waals surface area contributed by atoms with E-state index in [0.29, 0.717) is 0 Å². The Morgan fingerprint density at radius 3 is 2.40 bits per heavy atom. The van der Waals surface area contributed by atoms with Crippen molar-refractivity contribution in [1.29, 1.82) is 0 Å². The van der Waals surface area contributed by atoms with Crippen molar-refractivity contribution in [1.82, 2.24) is 0 Å². The van der Waals surface area contributed by atoms with E-state index in [1.165, 1.54) is 0 Å². The van der Waals surface area contributed by atoms with Crippen molar-refractivity contribution in [2.24, 2.45) is 4.99 Å². The number of benzene rings is 2. The fourth-order valence-electron chi connectivity index (χ4n) is 1.88. The first-order chi connectivity index (χ1) is 9.83. The van der Waals surface area contributed by atoms with Crippen molar-refractivity contribution in [2.75, 3.05) is 0 Å². The summed E-state index contributed by atoms with van der Waals surface area (Å²) in [5.41, 5.74) is 1.94. The van der Waals surface area contributed by atoms with Crippen LogP contribution >= 0.6 is 15.9 Å². The minimum absolute atomic E-state index is 0.736. The van der Waals surface area contributed by atoms with Crippen molar-refractivity contribution in [2.45, 2.75) is 0 Å². The molecule has 1 aromatic heterocycles. The highest BCUT2D eigenvalue weighted by Crippen LogP contribution is 2.29. The Bertz CT molecular complexity index is 732. The molecule has 3 aromatic rings. The lowest BCUT2D eigenvalue weighted by Crippen LogP contribution is -1.76. The van der Waals surface area contributed by atoms with E-state index >= 15 is 0 Å². The molecule has 0 atom stereocenters. The van der Waals surface area contributed by atoms with Crippen LogP contribution in [0.25, 0.3) is 11.3 Å². The third-order valence-electron chi connectivity index (χ3n) is 2.86. The molecule has 0 spiro atoms. The first-order valence-corrected chi connectivity index (χ1v) is 7.06. The number of halogens is 1. The van der Waals surface area contributed by atoms with E-state index in [0.717, 1.165) is 27.2 Å². The van der Waals surface area contributed by atoms with E-state index in [-0.39, 0.29) is 0 Å². The second kappa shape index (κ2) is 5.88. The van der Waals surface area contributed by atoms with E-state index in [1.807, 2.05) is 66.7 Å². The zero-order valence-corrected chi connectivity index (χ0v) is 12.2. The predicted molar refractivity (Wildman–Crippen MR) is 85.5 cm³/mol. The maximum Gasteiger partial charge on any atom is 0.145 e. The normalized spacial score (nSPS) is 11.1. The molecule has 0 saturated heterocycles. The van der Waals surface area contributed by atoms with Crippen LogP contribution in [0.4, 0.5) is 5.69 Å². The van der Waals surface area contributed by atoms with Gasteiger partial charge >= 0.3 is 0 Å². The summed E-state index contributed by atoms with van der Waals surface area (Å²) in [6, 6.07) is 21.6. The van der Waals surface area contributed by atoms with Crippen molar-refractivity contribution in [3.05, 3.63) is 77.0 Å². The number of hydrogen-bond donors (Lipinski definition) is 0. The average Bonchev–Trinajstić information content (AvgIpc) is 2.95. The summed E-state index contributed by atoms with van der Waals surface area (Å²) in [5.74, 6) is 1.56. The predicted octanol–water partition coefficient (Wildman–Crippen LogP) is 5.46. The van der Waals surface area contributed by atoms with E-state index in [4.69, 9.17) is 4.42 Å². The van der Waals surface area contributed by atoms with Crippen LogP contribution in [-0.2, 0) is 0 Å². The molecule has 2 nitrogen and oxygen atoms in total. The average molecular weight is 326 g/mol. The molecule has 0 aliphatic heterocycles. The Hall–Kier alpha value is -2.13. The minimum atomic E-state index is 0.736. The quantitative estimate of drug-likeness (QED) is 0.587. The number of aliphatic imine (C=N–C) groups is 1. The molecule has 0 unspecified atom stereocenters. The fourth-order valence-corrected chi connectivity index (χ4v) is 2.36. The first-order valence-electron chi connectivity index (χ1n) is 6.27. The number of rotatable bonds is 3. The molecule has 0 aliphatic rings. The second-order valence-corrected chi connectivity index (χ2v) is 5.13. The fraction of sp³-hybridized carbons (Fsp3) is 0. The molecule has 0 amide bonds. The lowest BCUT2D eigenvalue weighted by Gasteiger charge is -1.99. The van der Waals surface area contributed by atoms with E-state index < -0.39 is 0 Å². The Morgan fingerprint density at radius 1 is 0.850 bits per heavy atom. The molecular weight excluding hydrogens is 314 g/mol. The van der Waals surface area contributed by atoms with E-state index in [9.17, 15) is 0 Å². The SMILES string of the molecule is Brc1ccccc1-c1ccc(C=Nc2ccccc2)o1. The van der Waals surface area contributed by atoms with Crippen LogP contribution in [0.5, 0.6) is 0 Å². The van der Waals surface area contributed by atoms with Gasteiger partial charge in [0.2, 0.25) is 0 Å². The van der Waals surface area contributed by atoms with Crippen LogP contribution < -0.4 is 0 Å². The smallest absolute Gasteiger partial charge is 0.145 e. The molecule has 0 saturated carbocycles. The molecule has 0 fully saturated rings. The van der Waals surface area contributed by atoms with Crippen molar-refractivity contribution in [3.63, 3.8) is 0 Å². The molecule has 0 radical (unpaired) electrons. The standard InChI is InChI=1S/C17H12BrNO/c18-16-9-5-4-8-15(16)17-11-10-14(20-17)12-19-13-6-2-1-3-7-13/h1-12H. The van der Waals surface area contributed by atoms with Gasteiger partial charge in [-0.3, -0.25) is 4.99 Å². The lowest BCUT2D eigenvalue weighted by molar-refractivity contribution is 0.575. The summed E-state index contributed by atoms with van der Waals surface area (Å²) in [7, 11) is 0. The number of para-hydroxylation sites is 1. The van der Waals surface area contributed by atoms with Gasteiger partial charge < -0.3 is 4.42 Å². The van der Waals surface area contributed by atoms with Crippen LogP contribution in [0, 0.1) is 0 Å². The molecule has 2 aromatic carbocycles. The highest BCUT2D eigenvalue weighted by Gasteiger charge is 2.06. The zero-order chi connectivity index (χ0) is 13.8. The summed E-state index contributed by atoms with van der Waals surface area (Å²) in [6.07, 6.45) is 1.73. The third kappa shape index (κ3) is 2.89. The van der Waals surface area contributed by atoms with Crippen LogP contribution in [0.3, 0.4) is 0 Å². The third-order valence-corrected chi connectivity index (χ3v) is 3.55. The van der Waals surface area contributed by atoms with Crippen LogP contribution in [0.15, 0.2) is 80.6 Å². The number of hydrogen-bond acceptors (Lipinski definition) is 2. The maximum atomic E-state index is 5.79. The van der Waals surface area contributed by atoms with Gasteiger partial charge in [0.1, 0.15) is 11.5 Å². The first kappa shape index (κ1) is 12.9. The largest absolute Gasteiger partial charge is 0.455 e. The van der Waals surface area contributed by atoms with Gasteiger partial charge in [0, 0.05) is 10.0 Å². The topological polar surface area (TPSA) is 25.5 Å². The van der Waals surface area contributed by atoms with Gasteiger partial charge in [-0.25, -0.2) is 0 Å². The van der Waals surface area contributed by atoms with Crippen molar-refractivity contribution in [3.8, 4) is 11.3 Å². The summed E-state index contributed by atoms with van der Waals surface area (Å²) in [6.45, 7) is 0. The van der Waals surface area contributed by atoms with Gasteiger partial charge in [-0.2, -0.15) is 0 Å². The molecule has 20 heavy (non-hydrogen) atoms. The Morgan fingerprint density at radius 2 is 1.60 bits per heavy atom. The Kier molecular flexibility index (Phi) is 3.79. The van der Waals surface area contributed by atoms with Crippen LogP contribution in [0.1, 0.15) is 5.76 Å². The molecule has 1 heterocycles. The van der Waals surface area contributed by atoms with Gasteiger partial charge in [0.05, 0.1) is 11.9 Å². The summed E-state index contributed by atoms with van der Waals surface area (Å²) in [4.78, 5) is 4.38. The zero-order valence-electron chi connectivity index (χ0n) is 10.7. The summed E-state index contributed by atoms with van der Waals surface area (Å²) in [5, 5.41) is 0. The molecule has 98 valence electrons. The van der Waals surface area contributed by atoms with Crippen LogP contribution in [0.2, 0.25) is 0 Å². The van der Waals surface area contributed by atoms with Gasteiger partial charge in [-0.1, -0.05) is 52.3 Å². The molecule has 0 aliphatic carbocycles. The summed E-state index contributed by atoms with van der Waals surface area (Å²) < 4.78 is 6.81. The Labute approximate surface area is 125 Å².